The van der Waals surface area contributed by atoms with Crippen molar-refractivity contribution in [3.8, 4) is 0 Å². The standard InChI is InChI=1S/C20H27N3/c1-3-16(2)23-12-9-18(10-13-23)14-17-4-6-19(7-5-17)20(15-22)8-11-21/h3-8,11,15,18H,1-2,9-10,12-14,21-22H2/b11-8-,20-15+. The predicted molar refractivity (Wildman–Crippen MR) is 99.3 cm³/mol. The van der Waals surface area contributed by atoms with Gasteiger partial charge in [0.15, 0.2) is 0 Å². The number of hydrogen-bond acceptors (Lipinski definition) is 3. The van der Waals surface area contributed by atoms with Crippen LogP contribution < -0.4 is 11.5 Å². The Morgan fingerprint density at radius 3 is 2.35 bits per heavy atom. The van der Waals surface area contributed by atoms with Crippen LogP contribution in [0.15, 0.2) is 67.7 Å². The number of rotatable bonds is 6. The van der Waals surface area contributed by atoms with Crippen LogP contribution in [-0.4, -0.2) is 18.0 Å². The molecule has 1 heterocycles. The summed E-state index contributed by atoms with van der Waals surface area (Å²) in [6.07, 6.45) is 10.3. The monoisotopic (exact) mass is 309 g/mol. The van der Waals surface area contributed by atoms with Crippen molar-refractivity contribution in [1.82, 2.24) is 4.90 Å². The van der Waals surface area contributed by atoms with Gasteiger partial charge in [0.25, 0.3) is 0 Å². The van der Waals surface area contributed by atoms with Crippen molar-refractivity contribution in [3.05, 3.63) is 78.8 Å². The fraction of sp³-hybridized carbons (Fsp3) is 0.300. The highest BCUT2D eigenvalue weighted by atomic mass is 15.1. The largest absolute Gasteiger partial charge is 0.405 e. The Kier molecular flexibility index (Phi) is 6.10. The van der Waals surface area contributed by atoms with Crippen LogP contribution in [0.3, 0.4) is 0 Å². The number of piperidine rings is 1. The minimum Gasteiger partial charge on any atom is -0.405 e. The van der Waals surface area contributed by atoms with Gasteiger partial charge in [0.1, 0.15) is 0 Å². The second-order valence-electron chi connectivity index (χ2n) is 6.01. The number of hydrogen-bond donors (Lipinski definition) is 2. The summed E-state index contributed by atoms with van der Waals surface area (Å²) >= 11 is 0. The molecule has 0 saturated carbocycles. The molecule has 2 rings (SSSR count). The lowest BCUT2D eigenvalue weighted by Gasteiger charge is -2.33. The van der Waals surface area contributed by atoms with Gasteiger partial charge in [-0.25, -0.2) is 0 Å². The average molecular weight is 309 g/mol. The molecule has 0 atom stereocenters. The molecule has 122 valence electrons. The third-order valence-corrected chi connectivity index (χ3v) is 4.52. The first-order valence-corrected chi connectivity index (χ1v) is 8.13. The van der Waals surface area contributed by atoms with Gasteiger partial charge in [0.05, 0.1) is 0 Å². The normalized spacial score (nSPS) is 16.7. The summed E-state index contributed by atoms with van der Waals surface area (Å²) in [6.45, 7) is 9.99. The molecule has 0 bridgehead atoms. The molecule has 0 amide bonds. The minimum atomic E-state index is 0.739. The second-order valence-corrected chi connectivity index (χ2v) is 6.01. The summed E-state index contributed by atoms with van der Waals surface area (Å²) in [5.41, 5.74) is 15.5. The van der Waals surface area contributed by atoms with Gasteiger partial charge in [0.2, 0.25) is 0 Å². The zero-order valence-electron chi connectivity index (χ0n) is 13.7. The van der Waals surface area contributed by atoms with Gasteiger partial charge in [-0.2, -0.15) is 0 Å². The van der Waals surface area contributed by atoms with Gasteiger partial charge in [-0.15, -0.1) is 0 Å². The van der Waals surface area contributed by atoms with Gasteiger partial charge in [0, 0.05) is 25.0 Å². The van der Waals surface area contributed by atoms with Gasteiger partial charge < -0.3 is 16.4 Å². The fourth-order valence-electron chi connectivity index (χ4n) is 3.07. The lowest BCUT2D eigenvalue weighted by atomic mass is 9.89. The first kappa shape index (κ1) is 16.9. The quantitative estimate of drug-likeness (QED) is 0.792. The molecule has 1 aliphatic rings. The van der Waals surface area contributed by atoms with Crippen molar-refractivity contribution in [2.24, 2.45) is 17.4 Å². The lowest BCUT2D eigenvalue weighted by Crippen LogP contribution is -2.32. The smallest absolute Gasteiger partial charge is 0.0287 e. The van der Waals surface area contributed by atoms with Crippen LogP contribution in [0.4, 0.5) is 0 Å². The molecule has 0 radical (unpaired) electrons. The highest BCUT2D eigenvalue weighted by molar-refractivity contribution is 5.73. The molecule has 0 spiro atoms. The SMILES string of the molecule is C=CC(=C)N1CCC(Cc2ccc(C(/C=C\N)=C/N)cc2)CC1. The van der Waals surface area contributed by atoms with Crippen molar-refractivity contribution < 1.29 is 0 Å². The summed E-state index contributed by atoms with van der Waals surface area (Å²) in [5, 5.41) is 0. The van der Waals surface area contributed by atoms with E-state index < -0.39 is 0 Å². The molecule has 1 aliphatic heterocycles. The van der Waals surface area contributed by atoms with Gasteiger partial charge in [-0.1, -0.05) is 37.4 Å². The number of nitrogens with two attached hydrogens (primary N) is 2. The fourth-order valence-corrected chi connectivity index (χ4v) is 3.07. The molecule has 1 aromatic rings. The number of benzene rings is 1. The van der Waals surface area contributed by atoms with Crippen LogP contribution in [0.25, 0.3) is 5.57 Å². The summed E-state index contributed by atoms with van der Waals surface area (Å²) in [4.78, 5) is 2.32. The van der Waals surface area contributed by atoms with E-state index >= 15 is 0 Å². The van der Waals surface area contributed by atoms with E-state index in [-0.39, 0.29) is 0 Å². The second kappa shape index (κ2) is 8.28. The lowest BCUT2D eigenvalue weighted by molar-refractivity contribution is 0.232. The van der Waals surface area contributed by atoms with E-state index in [1.807, 2.05) is 12.2 Å². The highest BCUT2D eigenvalue weighted by Gasteiger charge is 2.19. The first-order chi connectivity index (χ1) is 11.2. The van der Waals surface area contributed by atoms with E-state index in [9.17, 15) is 0 Å². The molecule has 0 unspecified atom stereocenters. The summed E-state index contributed by atoms with van der Waals surface area (Å²) in [5.74, 6) is 0.739. The zero-order valence-corrected chi connectivity index (χ0v) is 13.7. The Labute approximate surface area is 139 Å². The molecule has 4 N–H and O–H groups in total. The topological polar surface area (TPSA) is 55.3 Å². The molecule has 3 nitrogen and oxygen atoms in total. The van der Waals surface area contributed by atoms with Crippen molar-refractivity contribution in [2.75, 3.05) is 13.1 Å². The maximum absolute atomic E-state index is 5.64. The van der Waals surface area contributed by atoms with Crippen LogP contribution >= 0.6 is 0 Å². The van der Waals surface area contributed by atoms with E-state index in [2.05, 4.69) is 42.3 Å². The van der Waals surface area contributed by atoms with E-state index in [4.69, 9.17) is 11.5 Å². The molecular weight excluding hydrogens is 282 g/mol. The number of likely N-dealkylation sites (tertiary alicyclic amines) is 1. The average Bonchev–Trinajstić information content (AvgIpc) is 2.60. The predicted octanol–water partition coefficient (Wildman–Crippen LogP) is 3.41. The molecule has 3 heteroatoms. The van der Waals surface area contributed by atoms with Crippen molar-refractivity contribution in [1.29, 1.82) is 0 Å². The first-order valence-electron chi connectivity index (χ1n) is 8.13. The van der Waals surface area contributed by atoms with Crippen LogP contribution in [-0.2, 0) is 6.42 Å². The highest BCUT2D eigenvalue weighted by Crippen LogP contribution is 2.24. The Morgan fingerprint density at radius 2 is 1.83 bits per heavy atom. The zero-order chi connectivity index (χ0) is 16.7. The van der Waals surface area contributed by atoms with Gasteiger partial charge in [-0.05, 0) is 60.2 Å². The molecule has 1 aromatic carbocycles. The maximum Gasteiger partial charge on any atom is 0.0287 e. The Bertz CT molecular complexity index is 588. The van der Waals surface area contributed by atoms with Crippen LogP contribution in [0.1, 0.15) is 24.0 Å². The number of nitrogens with zero attached hydrogens (tertiary/aromatic N) is 1. The third kappa shape index (κ3) is 4.52. The summed E-state index contributed by atoms with van der Waals surface area (Å²) in [7, 11) is 0. The van der Waals surface area contributed by atoms with Crippen LogP contribution in [0, 0.1) is 5.92 Å². The summed E-state index contributed by atoms with van der Waals surface area (Å²) < 4.78 is 0. The molecule has 1 saturated heterocycles. The summed E-state index contributed by atoms with van der Waals surface area (Å²) in [6, 6.07) is 8.61. The molecular formula is C20H27N3. The van der Waals surface area contributed by atoms with E-state index in [1.54, 1.807) is 6.20 Å². The maximum atomic E-state index is 5.64. The van der Waals surface area contributed by atoms with E-state index in [1.165, 1.54) is 24.6 Å². The van der Waals surface area contributed by atoms with Crippen LogP contribution in [0.2, 0.25) is 0 Å². The Morgan fingerprint density at radius 1 is 1.17 bits per heavy atom. The van der Waals surface area contributed by atoms with Gasteiger partial charge >= 0.3 is 0 Å². The van der Waals surface area contributed by atoms with Gasteiger partial charge in [-0.3, -0.25) is 0 Å². The van der Waals surface area contributed by atoms with E-state index in [0.717, 1.165) is 42.3 Å². The van der Waals surface area contributed by atoms with Crippen molar-refractivity contribution in [2.45, 2.75) is 19.3 Å². The van der Waals surface area contributed by atoms with E-state index in [0.29, 0.717) is 0 Å². The molecule has 0 aromatic heterocycles. The van der Waals surface area contributed by atoms with Crippen molar-refractivity contribution >= 4 is 5.57 Å². The number of allylic oxidation sites excluding steroid dienone is 3. The molecule has 1 fully saturated rings. The molecule has 23 heavy (non-hydrogen) atoms. The van der Waals surface area contributed by atoms with Crippen molar-refractivity contribution in [3.63, 3.8) is 0 Å². The minimum absolute atomic E-state index is 0.739. The third-order valence-electron chi connectivity index (χ3n) is 4.52. The Hall–Kier alpha value is -2.42. The Balaban J connectivity index is 1.92. The molecule has 0 aliphatic carbocycles. The van der Waals surface area contributed by atoms with Crippen LogP contribution in [0.5, 0.6) is 0 Å².